The molecule has 1 aromatic rings. The SMILES string of the molecule is c1ccc2c(c1)NCCCCOCCO2. The second-order valence-electron chi connectivity index (χ2n) is 3.59. The topological polar surface area (TPSA) is 30.5 Å². The van der Waals surface area contributed by atoms with Gasteiger partial charge in [0, 0.05) is 13.2 Å². The summed E-state index contributed by atoms with van der Waals surface area (Å²) in [6, 6.07) is 8.04. The fourth-order valence-electron chi connectivity index (χ4n) is 1.60. The first-order chi connectivity index (χ1) is 7.47. The van der Waals surface area contributed by atoms with E-state index in [4.69, 9.17) is 9.47 Å². The third-order valence-corrected chi connectivity index (χ3v) is 2.40. The third-order valence-electron chi connectivity index (χ3n) is 2.40. The fourth-order valence-corrected chi connectivity index (χ4v) is 1.60. The van der Waals surface area contributed by atoms with Crippen molar-refractivity contribution >= 4 is 5.69 Å². The van der Waals surface area contributed by atoms with Crippen molar-refractivity contribution in [3.8, 4) is 5.75 Å². The van der Waals surface area contributed by atoms with Gasteiger partial charge >= 0.3 is 0 Å². The van der Waals surface area contributed by atoms with Crippen molar-refractivity contribution in [1.82, 2.24) is 0 Å². The Hall–Kier alpha value is -1.22. The van der Waals surface area contributed by atoms with Crippen LogP contribution in [0, 0.1) is 0 Å². The Kier molecular flexibility index (Phi) is 3.85. The Morgan fingerprint density at radius 1 is 1.00 bits per heavy atom. The summed E-state index contributed by atoms with van der Waals surface area (Å²) in [6.45, 7) is 3.11. The summed E-state index contributed by atoms with van der Waals surface area (Å²) in [7, 11) is 0. The highest BCUT2D eigenvalue weighted by molar-refractivity contribution is 5.56. The van der Waals surface area contributed by atoms with Crippen LogP contribution in [0.15, 0.2) is 24.3 Å². The molecule has 0 saturated heterocycles. The maximum Gasteiger partial charge on any atom is 0.142 e. The van der Waals surface area contributed by atoms with Gasteiger partial charge in [-0.25, -0.2) is 0 Å². The zero-order chi connectivity index (χ0) is 10.3. The Labute approximate surface area is 90.4 Å². The van der Waals surface area contributed by atoms with E-state index in [1.807, 2.05) is 24.3 Å². The van der Waals surface area contributed by atoms with Gasteiger partial charge in [0.15, 0.2) is 0 Å². The van der Waals surface area contributed by atoms with Gasteiger partial charge in [-0.2, -0.15) is 0 Å². The number of hydrogen-bond donors (Lipinski definition) is 1. The van der Waals surface area contributed by atoms with Gasteiger partial charge in [0.05, 0.1) is 12.3 Å². The highest BCUT2D eigenvalue weighted by atomic mass is 16.5. The molecule has 0 aliphatic carbocycles. The number of anilines is 1. The summed E-state index contributed by atoms with van der Waals surface area (Å²) < 4.78 is 11.1. The minimum atomic E-state index is 0.624. The molecule has 0 fully saturated rings. The predicted octanol–water partition coefficient (Wildman–Crippen LogP) is 2.29. The summed E-state index contributed by atoms with van der Waals surface area (Å²) in [5.74, 6) is 0.919. The van der Waals surface area contributed by atoms with Crippen molar-refractivity contribution in [2.24, 2.45) is 0 Å². The molecule has 0 saturated carbocycles. The molecule has 0 atom stereocenters. The quantitative estimate of drug-likeness (QED) is 0.708. The molecule has 1 aromatic carbocycles. The smallest absolute Gasteiger partial charge is 0.142 e. The molecule has 1 heterocycles. The summed E-state index contributed by atoms with van der Waals surface area (Å²) in [5, 5.41) is 3.38. The molecule has 1 aliphatic rings. The second-order valence-corrected chi connectivity index (χ2v) is 3.59. The lowest BCUT2D eigenvalue weighted by Gasteiger charge is -2.11. The predicted molar refractivity (Wildman–Crippen MR) is 60.5 cm³/mol. The third kappa shape index (κ3) is 3.13. The molecule has 0 aromatic heterocycles. The Balaban J connectivity index is 2.04. The fraction of sp³-hybridized carbons (Fsp3) is 0.500. The molecule has 0 spiro atoms. The molecule has 15 heavy (non-hydrogen) atoms. The van der Waals surface area contributed by atoms with E-state index < -0.39 is 0 Å². The van der Waals surface area contributed by atoms with Crippen LogP contribution < -0.4 is 10.1 Å². The number of fused-ring (bicyclic) bond motifs is 1. The van der Waals surface area contributed by atoms with Gasteiger partial charge < -0.3 is 14.8 Å². The summed E-state index contributed by atoms with van der Waals surface area (Å²) in [4.78, 5) is 0. The van der Waals surface area contributed by atoms with Gasteiger partial charge in [-0.05, 0) is 25.0 Å². The molecule has 82 valence electrons. The average molecular weight is 207 g/mol. The molecule has 0 bridgehead atoms. The van der Waals surface area contributed by atoms with Gasteiger partial charge in [-0.1, -0.05) is 12.1 Å². The van der Waals surface area contributed by atoms with Crippen LogP contribution in [0.5, 0.6) is 5.75 Å². The van der Waals surface area contributed by atoms with Crippen LogP contribution in [0.25, 0.3) is 0 Å². The largest absolute Gasteiger partial charge is 0.489 e. The van der Waals surface area contributed by atoms with Crippen LogP contribution in [0.3, 0.4) is 0 Å². The Morgan fingerprint density at radius 2 is 1.93 bits per heavy atom. The monoisotopic (exact) mass is 207 g/mol. The molecular weight excluding hydrogens is 190 g/mol. The number of nitrogens with one attached hydrogen (secondary N) is 1. The highest BCUT2D eigenvalue weighted by Crippen LogP contribution is 2.23. The number of benzene rings is 1. The van der Waals surface area contributed by atoms with E-state index in [1.54, 1.807) is 0 Å². The number of hydrogen-bond acceptors (Lipinski definition) is 3. The molecule has 1 aliphatic heterocycles. The maximum atomic E-state index is 5.63. The van der Waals surface area contributed by atoms with Crippen LogP contribution >= 0.6 is 0 Å². The van der Waals surface area contributed by atoms with Crippen molar-refractivity contribution < 1.29 is 9.47 Å². The van der Waals surface area contributed by atoms with Crippen LogP contribution in [0.2, 0.25) is 0 Å². The van der Waals surface area contributed by atoms with E-state index >= 15 is 0 Å². The lowest BCUT2D eigenvalue weighted by molar-refractivity contribution is 0.0987. The first-order valence-corrected chi connectivity index (χ1v) is 5.50. The molecular formula is C12H17NO2. The van der Waals surface area contributed by atoms with E-state index in [0.717, 1.165) is 37.4 Å². The van der Waals surface area contributed by atoms with E-state index in [1.165, 1.54) is 0 Å². The number of ether oxygens (including phenoxy) is 2. The van der Waals surface area contributed by atoms with Gasteiger partial charge in [0.1, 0.15) is 12.4 Å². The van der Waals surface area contributed by atoms with Gasteiger partial charge in [0.25, 0.3) is 0 Å². The first-order valence-electron chi connectivity index (χ1n) is 5.50. The Morgan fingerprint density at radius 3 is 2.93 bits per heavy atom. The van der Waals surface area contributed by atoms with Crippen molar-refractivity contribution in [2.45, 2.75) is 12.8 Å². The number of para-hydroxylation sites is 2. The standard InChI is InChI=1S/C12H17NO2/c1-2-6-12-11(5-1)13-7-3-4-8-14-9-10-15-12/h1-2,5-6,13H,3-4,7-10H2. The molecule has 2 rings (SSSR count). The van der Waals surface area contributed by atoms with Crippen LogP contribution in [0.1, 0.15) is 12.8 Å². The first kappa shape index (κ1) is 10.3. The van der Waals surface area contributed by atoms with Gasteiger partial charge in [-0.15, -0.1) is 0 Å². The van der Waals surface area contributed by atoms with Crippen LogP contribution in [-0.2, 0) is 4.74 Å². The zero-order valence-corrected chi connectivity index (χ0v) is 8.87. The molecule has 0 radical (unpaired) electrons. The molecule has 3 nitrogen and oxygen atoms in total. The van der Waals surface area contributed by atoms with Crippen LogP contribution in [-0.4, -0.2) is 26.4 Å². The van der Waals surface area contributed by atoms with Crippen molar-refractivity contribution in [2.75, 3.05) is 31.7 Å². The van der Waals surface area contributed by atoms with E-state index in [-0.39, 0.29) is 0 Å². The Bertz CT molecular complexity index is 272. The average Bonchev–Trinajstić information content (AvgIpc) is 2.32. The highest BCUT2D eigenvalue weighted by Gasteiger charge is 2.03. The van der Waals surface area contributed by atoms with Gasteiger partial charge in [0.2, 0.25) is 0 Å². The lowest BCUT2D eigenvalue weighted by atomic mass is 10.2. The summed E-state index contributed by atoms with van der Waals surface area (Å²) in [6.07, 6.45) is 2.24. The second kappa shape index (κ2) is 5.61. The molecule has 1 N–H and O–H groups in total. The molecule has 0 amide bonds. The van der Waals surface area contributed by atoms with Crippen molar-refractivity contribution in [3.63, 3.8) is 0 Å². The lowest BCUT2D eigenvalue weighted by Crippen LogP contribution is -2.07. The van der Waals surface area contributed by atoms with E-state index in [9.17, 15) is 0 Å². The van der Waals surface area contributed by atoms with Crippen molar-refractivity contribution in [1.29, 1.82) is 0 Å². The molecule has 0 unspecified atom stereocenters. The molecule has 3 heteroatoms. The minimum absolute atomic E-state index is 0.624. The minimum Gasteiger partial charge on any atom is -0.489 e. The normalized spacial score (nSPS) is 17.9. The van der Waals surface area contributed by atoms with Crippen LogP contribution in [0.4, 0.5) is 5.69 Å². The summed E-state index contributed by atoms with van der Waals surface area (Å²) in [5.41, 5.74) is 1.08. The van der Waals surface area contributed by atoms with Crippen molar-refractivity contribution in [3.05, 3.63) is 24.3 Å². The summed E-state index contributed by atoms with van der Waals surface area (Å²) >= 11 is 0. The van der Waals surface area contributed by atoms with E-state index in [2.05, 4.69) is 5.32 Å². The van der Waals surface area contributed by atoms with E-state index in [0.29, 0.717) is 13.2 Å². The maximum absolute atomic E-state index is 5.63. The van der Waals surface area contributed by atoms with Gasteiger partial charge in [-0.3, -0.25) is 0 Å². The number of rotatable bonds is 0. The zero-order valence-electron chi connectivity index (χ0n) is 8.87.